The van der Waals surface area contributed by atoms with Gasteiger partial charge in [0, 0.05) is 29.5 Å². The average Bonchev–Trinajstić information content (AvgIpc) is 2.87. The number of nitrogens with one attached hydrogen (secondary N) is 1. The zero-order valence-corrected chi connectivity index (χ0v) is 12.9. The number of halogens is 1. The minimum Gasteiger partial charge on any atom is -0.381 e. The third-order valence-electron chi connectivity index (χ3n) is 3.25. The summed E-state index contributed by atoms with van der Waals surface area (Å²) < 4.78 is 6.85. The lowest BCUT2D eigenvalue weighted by atomic mass is 9.83. The third kappa shape index (κ3) is 3.78. The van der Waals surface area contributed by atoms with Crippen LogP contribution in [0.4, 0.5) is 0 Å². The summed E-state index contributed by atoms with van der Waals surface area (Å²) in [5, 5.41) is 3.57. The van der Waals surface area contributed by atoms with Crippen LogP contribution in [0, 0.1) is 5.41 Å². The molecule has 17 heavy (non-hydrogen) atoms. The van der Waals surface area contributed by atoms with Crippen LogP contribution >= 0.6 is 27.3 Å². The molecule has 2 heterocycles. The van der Waals surface area contributed by atoms with Gasteiger partial charge in [0.1, 0.15) is 0 Å². The van der Waals surface area contributed by atoms with Crippen LogP contribution in [0.5, 0.6) is 0 Å². The van der Waals surface area contributed by atoms with Gasteiger partial charge in [0.25, 0.3) is 0 Å². The van der Waals surface area contributed by atoms with Gasteiger partial charge < -0.3 is 10.1 Å². The van der Waals surface area contributed by atoms with Gasteiger partial charge in [-0.1, -0.05) is 13.8 Å². The maximum atomic E-state index is 5.62. The molecule has 4 heteroatoms. The van der Waals surface area contributed by atoms with Crippen molar-refractivity contribution < 1.29 is 4.74 Å². The molecule has 1 atom stereocenters. The third-order valence-corrected chi connectivity index (χ3v) is 4.87. The zero-order chi connectivity index (χ0) is 12.3. The molecule has 0 spiro atoms. The van der Waals surface area contributed by atoms with E-state index >= 15 is 0 Å². The Labute approximate surface area is 116 Å². The summed E-state index contributed by atoms with van der Waals surface area (Å²) in [6.07, 6.45) is 2.30. The van der Waals surface area contributed by atoms with E-state index in [9.17, 15) is 0 Å². The highest BCUT2D eigenvalue weighted by molar-refractivity contribution is 9.11. The van der Waals surface area contributed by atoms with Gasteiger partial charge >= 0.3 is 0 Å². The van der Waals surface area contributed by atoms with Crippen molar-refractivity contribution in [2.24, 2.45) is 5.41 Å². The summed E-state index contributed by atoms with van der Waals surface area (Å²) in [5.41, 5.74) is 0.300. The van der Waals surface area contributed by atoms with Crippen molar-refractivity contribution in [3.05, 3.63) is 20.8 Å². The monoisotopic (exact) mass is 317 g/mol. The molecule has 1 N–H and O–H groups in total. The lowest BCUT2D eigenvalue weighted by molar-refractivity contribution is 0.148. The zero-order valence-electron chi connectivity index (χ0n) is 10.5. The lowest BCUT2D eigenvalue weighted by Gasteiger charge is -2.28. The molecule has 0 saturated carbocycles. The summed E-state index contributed by atoms with van der Waals surface area (Å²) in [4.78, 5) is 1.45. The van der Waals surface area contributed by atoms with Crippen molar-refractivity contribution in [2.75, 3.05) is 19.8 Å². The van der Waals surface area contributed by atoms with Crippen LogP contribution in [0.1, 0.15) is 25.1 Å². The smallest absolute Gasteiger partial charge is 0.0701 e. The van der Waals surface area contributed by atoms with E-state index < -0.39 is 0 Å². The molecule has 0 aromatic carbocycles. The van der Waals surface area contributed by atoms with E-state index in [1.165, 1.54) is 15.1 Å². The number of rotatable bonds is 5. The number of ether oxygens (including phenoxy) is 1. The largest absolute Gasteiger partial charge is 0.381 e. The first-order valence-electron chi connectivity index (χ1n) is 6.15. The molecule has 1 unspecified atom stereocenters. The second-order valence-corrected chi connectivity index (χ2v) is 7.77. The quantitative estimate of drug-likeness (QED) is 0.898. The highest BCUT2D eigenvalue weighted by Crippen LogP contribution is 2.35. The SMILES string of the molecule is CC(C)NCC1(Cc2ccc(Br)s2)CCOC1. The molecule has 1 fully saturated rings. The minimum absolute atomic E-state index is 0.300. The maximum absolute atomic E-state index is 5.62. The Morgan fingerprint density at radius 3 is 2.88 bits per heavy atom. The van der Waals surface area contributed by atoms with Crippen LogP contribution in [0.25, 0.3) is 0 Å². The van der Waals surface area contributed by atoms with Crippen LogP contribution in [-0.4, -0.2) is 25.8 Å². The van der Waals surface area contributed by atoms with Crippen molar-refractivity contribution in [1.29, 1.82) is 0 Å². The van der Waals surface area contributed by atoms with Crippen LogP contribution < -0.4 is 5.32 Å². The molecule has 1 aromatic rings. The van der Waals surface area contributed by atoms with Gasteiger partial charge in [-0.15, -0.1) is 11.3 Å². The molecule has 0 amide bonds. The first-order chi connectivity index (χ1) is 8.10. The summed E-state index contributed by atoms with van der Waals surface area (Å²) >= 11 is 5.37. The molecule has 1 aromatic heterocycles. The van der Waals surface area contributed by atoms with E-state index in [0.29, 0.717) is 11.5 Å². The van der Waals surface area contributed by atoms with Gasteiger partial charge in [0.15, 0.2) is 0 Å². The molecule has 2 rings (SSSR count). The minimum atomic E-state index is 0.300. The van der Waals surface area contributed by atoms with Crippen LogP contribution in [0.15, 0.2) is 15.9 Å². The van der Waals surface area contributed by atoms with Gasteiger partial charge in [0.05, 0.1) is 10.4 Å². The van der Waals surface area contributed by atoms with Gasteiger partial charge in [0.2, 0.25) is 0 Å². The Balaban J connectivity index is 2.01. The Kier molecular flexibility index (Phi) is 4.64. The van der Waals surface area contributed by atoms with Gasteiger partial charge in [-0.2, -0.15) is 0 Å². The molecule has 96 valence electrons. The first-order valence-corrected chi connectivity index (χ1v) is 7.76. The fourth-order valence-electron chi connectivity index (χ4n) is 2.23. The fraction of sp³-hybridized carbons (Fsp3) is 0.692. The molecule has 1 aliphatic rings. The average molecular weight is 318 g/mol. The molecule has 0 bridgehead atoms. The Morgan fingerprint density at radius 1 is 1.53 bits per heavy atom. The van der Waals surface area contributed by atoms with E-state index in [2.05, 4.69) is 47.2 Å². The predicted molar refractivity (Wildman–Crippen MR) is 76.7 cm³/mol. The Morgan fingerprint density at radius 2 is 2.35 bits per heavy atom. The molecule has 1 aliphatic heterocycles. The van der Waals surface area contributed by atoms with Crippen molar-refractivity contribution in [1.82, 2.24) is 5.32 Å². The standard InChI is InChI=1S/C13H20BrNOS/c1-10(2)15-8-13(5-6-16-9-13)7-11-3-4-12(14)17-11/h3-4,10,15H,5-9H2,1-2H3. The summed E-state index contributed by atoms with van der Waals surface area (Å²) in [6, 6.07) is 4.91. The van der Waals surface area contributed by atoms with Crippen LogP contribution in [-0.2, 0) is 11.2 Å². The molecular weight excluding hydrogens is 298 g/mol. The molecule has 1 saturated heterocycles. The van der Waals surface area contributed by atoms with Gasteiger partial charge in [-0.05, 0) is 40.9 Å². The van der Waals surface area contributed by atoms with E-state index in [1.807, 2.05) is 11.3 Å². The highest BCUT2D eigenvalue weighted by Gasteiger charge is 2.35. The van der Waals surface area contributed by atoms with E-state index in [0.717, 1.165) is 26.2 Å². The number of hydrogen-bond acceptors (Lipinski definition) is 3. The summed E-state index contributed by atoms with van der Waals surface area (Å²) in [6.45, 7) is 7.26. The van der Waals surface area contributed by atoms with Crippen LogP contribution in [0.3, 0.4) is 0 Å². The summed E-state index contributed by atoms with van der Waals surface area (Å²) in [5.74, 6) is 0. The molecule has 2 nitrogen and oxygen atoms in total. The summed E-state index contributed by atoms with van der Waals surface area (Å²) in [7, 11) is 0. The van der Waals surface area contributed by atoms with Crippen molar-refractivity contribution in [3.63, 3.8) is 0 Å². The van der Waals surface area contributed by atoms with Crippen molar-refractivity contribution in [2.45, 2.75) is 32.7 Å². The fourth-order valence-corrected chi connectivity index (χ4v) is 3.88. The normalized spacial score (nSPS) is 24.7. The van der Waals surface area contributed by atoms with Crippen LogP contribution in [0.2, 0.25) is 0 Å². The lowest BCUT2D eigenvalue weighted by Crippen LogP contribution is -2.39. The topological polar surface area (TPSA) is 21.3 Å². The van der Waals surface area contributed by atoms with Gasteiger partial charge in [-0.3, -0.25) is 0 Å². The predicted octanol–water partition coefficient (Wildman–Crippen LogP) is 3.46. The number of hydrogen-bond donors (Lipinski definition) is 1. The maximum Gasteiger partial charge on any atom is 0.0701 e. The highest BCUT2D eigenvalue weighted by atomic mass is 79.9. The van der Waals surface area contributed by atoms with Crippen molar-refractivity contribution >= 4 is 27.3 Å². The second-order valence-electron chi connectivity index (χ2n) is 5.22. The Bertz CT molecular complexity index is 358. The second kappa shape index (κ2) is 5.83. The van der Waals surface area contributed by atoms with Crippen molar-refractivity contribution in [3.8, 4) is 0 Å². The Hall–Kier alpha value is 0.1000. The van der Waals surface area contributed by atoms with Gasteiger partial charge in [-0.25, -0.2) is 0 Å². The number of thiophene rings is 1. The molecular formula is C13H20BrNOS. The molecule has 0 radical (unpaired) electrons. The van der Waals surface area contributed by atoms with E-state index in [-0.39, 0.29) is 0 Å². The first kappa shape index (κ1) is 13.5. The van der Waals surface area contributed by atoms with E-state index in [4.69, 9.17) is 4.74 Å². The molecule has 0 aliphatic carbocycles. The van der Waals surface area contributed by atoms with E-state index in [1.54, 1.807) is 0 Å².